The maximum Gasteiger partial charge on any atom is 0.292 e. The van der Waals surface area contributed by atoms with Gasteiger partial charge in [-0.2, -0.15) is 0 Å². The van der Waals surface area contributed by atoms with Crippen LogP contribution in [-0.2, 0) is 0 Å². The highest BCUT2D eigenvalue weighted by molar-refractivity contribution is 6.31. The second kappa shape index (κ2) is 4.53. The number of nitro groups is 1. The number of anilines is 1. The van der Waals surface area contributed by atoms with Crippen molar-refractivity contribution in [1.82, 2.24) is 0 Å². The summed E-state index contributed by atoms with van der Waals surface area (Å²) in [4.78, 5) is 10.5. The van der Waals surface area contributed by atoms with Crippen molar-refractivity contribution in [2.75, 3.05) is 11.9 Å². The van der Waals surface area contributed by atoms with Crippen LogP contribution in [-0.4, -0.2) is 11.5 Å². The Hall–Kier alpha value is -1.29. The van der Waals surface area contributed by atoms with Crippen LogP contribution in [0.4, 0.5) is 11.4 Å². The van der Waals surface area contributed by atoms with E-state index in [0.29, 0.717) is 10.7 Å². The summed E-state index contributed by atoms with van der Waals surface area (Å²) in [6, 6.07) is 4.59. The van der Waals surface area contributed by atoms with E-state index in [1.807, 2.05) is 0 Å². The maximum absolute atomic E-state index is 10.9. The lowest BCUT2D eigenvalue weighted by atomic mass is 9.70. The van der Waals surface area contributed by atoms with Crippen LogP contribution < -0.4 is 5.32 Å². The molecule has 1 aromatic carbocycles. The van der Waals surface area contributed by atoms with Crippen molar-refractivity contribution in [1.29, 1.82) is 0 Å². The predicted molar refractivity (Wildman–Crippen MR) is 68.6 cm³/mol. The van der Waals surface area contributed by atoms with Gasteiger partial charge in [-0.25, -0.2) is 0 Å². The Balaban J connectivity index is 2.13. The summed E-state index contributed by atoms with van der Waals surface area (Å²) < 4.78 is 0. The van der Waals surface area contributed by atoms with E-state index in [9.17, 15) is 10.1 Å². The van der Waals surface area contributed by atoms with Crippen molar-refractivity contribution in [3.8, 4) is 0 Å². The van der Waals surface area contributed by atoms with Crippen LogP contribution in [0.3, 0.4) is 0 Å². The third kappa shape index (κ3) is 2.69. The summed E-state index contributed by atoms with van der Waals surface area (Å²) in [7, 11) is 0. The molecule has 0 radical (unpaired) electrons. The highest BCUT2D eigenvalue weighted by atomic mass is 35.5. The number of nitro benzene ring substituents is 1. The Bertz CT molecular complexity index is 444. The fourth-order valence-corrected chi connectivity index (χ4v) is 2.25. The number of nitrogens with zero attached hydrogens (tertiary/aromatic N) is 1. The Morgan fingerprint density at radius 1 is 1.53 bits per heavy atom. The highest BCUT2D eigenvalue weighted by Crippen LogP contribution is 2.40. The summed E-state index contributed by atoms with van der Waals surface area (Å²) in [6.07, 6.45) is 3.60. The lowest BCUT2D eigenvalue weighted by Gasteiger charge is -2.38. The van der Waals surface area contributed by atoms with Gasteiger partial charge in [0.05, 0.1) is 4.92 Å². The molecule has 0 aliphatic heterocycles. The molecule has 0 aromatic heterocycles. The van der Waals surface area contributed by atoms with Crippen molar-refractivity contribution in [3.63, 3.8) is 0 Å². The molecule has 1 saturated carbocycles. The van der Waals surface area contributed by atoms with Gasteiger partial charge in [0.2, 0.25) is 0 Å². The molecule has 1 fully saturated rings. The van der Waals surface area contributed by atoms with Crippen LogP contribution in [0.5, 0.6) is 0 Å². The normalized spacial score (nSPS) is 17.3. The number of hydrogen-bond acceptors (Lipinski definition) is 3. The lowest BCUT2D eigenvalue weighted by molar-refractivity contribution is -0.384. The fourth-order valence-electron chi connectivity index (χ4n) is 2.07. The Morgan fingerprint density at radius 2 is 2.24 bits per heavy atom. The third-order valence-electron chi connectivity index (χ3n) is 3.42. The topological polar surface area (TPSA) is 55.2 Å². The number of hydrogen-bond donors (Lipinski definition) is 1. The average molecular weight is 255 g/mol. The van der Waals surface area contributed by atoms with E-state index in [4.69, 9.17) is 11.6 Å². The first-order chi connectivity index (χ1) is 8.00. The first-order valence-corrected chi connectivity index (χ1v) is 6.06. The van der Waals surface area contributed by atoms with Gasteiger partial charge in [-0.3, -0.25) is 10.1 Å². The summed E-state index contributed by atoms with van der Waals surface area (Å²) >= 11 is 5.86. The molecule has 1 aliphatic carbocycles. The smallest absolute Gasteiger partial charge is 0.292 e. The highest BCUT2D eigenvalue weighted by Gasteiger charge is 2.31. The van der Waals surface area contributed by atoms with E-state index in [1.54, 1.807) is 6.07 Å². The molecule has 2 rings (SSSR count). The van der Waals surface area contributed by atoms with Gasteiger partial charge < -0.3 is 5.32 Å². The molecule has 0 atom stereocenters. The third-order valence-corrected chi connectivity index (χ3v) is 3.66. The summed E-state index contributed by atoms with van der Waals surface area (Å²) in [5.74, 6) is 0. The van der Waals surface area contributed by atoms with E-state index in [-0.39, 0.29) is 16.0 Å². The zero-order chi connectivity index (χ0) is 12.5. The van der Waals surface area contributed by atoms with Gasteiger partial charge in [0.25, 0.3) is 5.69 Å². The van der Waals surface area contributed by atoms with Crippen LogP contribution in [0.2, 0.25) is 5.02 Å². The number of halogens is 1. The SMILES string of the molecule is CC1(CNc2cc(Cl)ccc2[N+](=O)[O-])CCC1. The molecule has 1 aromatic rings. The first kappa shape index (κ1) is 12.2. The minimum absolute atomic E-state index is 0.0809. The standard InChI is InChI=1S/C12H15ClN2O2/c1-12(5-2-6-12)8-14-10-7-9(13)3-4-11(10)15(16)17/h3-4,7,14H,2,5-6,8H2,1H3. The molecule has 0 spiro atoms. The van der Waals surface area contributed by atoms with E-state index >= 15 is 0 Å². The van der Waals surface area contributed by atoms with Crippen molar-refractivity contribution < 1.29 is 4.92 Å². The number of rotatable bonds is 4. The number of nitrogens with one attached hydrogen (secondary N) is 1. The monoisotopic (exact) mass is 254 g/mol. The maximum atomic E-state index is 10.9. The van der Waals surface area contributed by atoms with Crippen molar-refractivity contribution in [2.24, 2.45) is 5.41 Å². The number of benzene rings is 1. The zero-order valence-corrected chi connectivity index (χ0v) is 10.5. The molecule has 1 N–H and O–H groups in total. The molecule has 1 aliphatic rings. The molecular weight excluding hydrogens is 240 g/mol. The van der Waals surface area contributed by atoms with Gasteiger partial charge in [0.15, 0.2) is 0 Å². The molecule has 0 amide bonds. The predicted octanol–water partition coefficient (Wildman–Crippen LogP) is 3.85. The average Bonchev–Trinajstić information content (AvgIpc) is 2.23. The molecule has 0 bridgehead atoms. The molecule has 17 heavy (non-hydrogen) atoms. The minimum atomic E-state index is -0.387. The first-order valence-electron chi connectivity index (χ1n) is 5.68. The Morgan fingerprint density at radius 3 is 2.76 bits per heavy atom. The van der Waals surface area contributed by atoms with Crippen LogP contribution >= 0.6 is 11.6 Å². The summed E-state index contributed by atoms with van der Waals surface area (Å²) in [5, 5.41) is 14.5. The van der Waals surface area contributed by atoms with Crippen LogP contribution in [0.15, 0.2) is 18.2 Å². The summed E-state index contributed by atoms with van der Waals surface area (Å²) in [6.45, 7) is 2.95. The molecule has 0 unspecified atom stereocenters. The van der Waals surface area contributed by atoms with E-state index in [0.717, 1.165) is 6.54 Å². The molecule has 4 nitrogen and oxygen atoms in total. The van der Waals surface area contributed by atoms with E-state index < -0.39 is 0 Å². The van der Waals surface area contributed by atoms with Gasteiger partial charge in [0.1, 0.15) is 5.69 Å². The second-order valence-corrected chi connectivity index (χ2v) is 5.37. The molecule has 92 valence electrons. The van der Waals surface area contributed by atoms with E-state index in [1.165, 1.54) is 31.4 Å². The van der Waals surface area contributed by atoms with Crippen molar-refractivity contribution in [3.05, 3.63) is 33.3 Å². The quantitative estimate of drug-likeness (QED) is 0.656. The molecule has 0 saturated heterocycles. The molecular formula is C12H15ClN2O2. The Labute approximate surface area is 105 Å². The van der Waals surface area contributed by atoms with Crippen molar-refractivity contribution in [2.45, 2.75) is 26.2 Å². The Kier molecular flexibility index (Phi) is 3.24. The van der Waals surface area contributed by atoms with Gasteiger partial charge in [-0.05, 0) is 30.4 Å². The molecule has 5 heteroatoms. The van der Waals surface area contributed by atoms with Gasteiger partial charge in [-0.15, -0.1) is 0 Å². The molecule has 0 heterocycles. The summed E-state index contributed by atoms with van der Waals surface area (Å²) in [5.41, 5.74) is 0.865. The van der Waals surface area contributed by atoms with Crippen LogP contribution in [0.25, 0.3) is 0 Å². The van der Waals surface area contributed by atoms with Gasteiger partial charge >= 0.3 is 0 Å². The second-order valence-electron chi connectivity index (χ2n) is 4.94. The minimum Gasteiger partial charge on any atom is -0.379 e. The fraction of sp³-hybridized carbons (Fsp3) is 0.500. The van der Waals surface area contributed by atoms with Gasteiger partial charge in [0, 0.05) is 17.6 Å². The van der Waals surface area contributed by atoms with Crippen LogP contribution in [0, 0.1) is 15.5 Å². The largest absolute Gasteiger partial charge is 0.379 e. The van der Waals surface area contributed by atoms with E-state index in [2.05, 4.69) is 12.2 Å². The lowest BCUT2D eigenvalue weighted by Crippen LogP contribution is -2.33. The van der Waals surface area contributed by atoms with Crippen LogP contribution in [0.1, 0.15) is 26.2 Å². The van der Waals surface area contributed by atoms with Crippen molar-refractivity contribution >= 4 is 23.0 Å². The van der Waals surface area contributed by atoms with Gasteiger partial charge in [-0.1, -0.05) is 24.9 Å². The zero-order valence-electron chi connectivity index (χ0n) is 9.70.